The first kappa shape index (κ1) is 11.7. The summed E-state index contributed by atoms with van der Waals surface area (Å²) in [5, 5.41) is 23.1. The fourth-order valence-corrected chi connectivity index (χ4v) is 1.99. The van der Waals surface area contributed by atoms with Crippen LogP contribution in [0.25, 0.3) is 0 Å². The summed E-state index contributed by atoms with van der Waals surface area (Å²) in [4.78, 5) is 10.1. The van der Waals surface area contributed by atoms with Crippen molar-refractivity contribution in [3.8, 4) is 0 Å². The first-order chi connectivity index (χ1) is 8.06. The average molecular weight is 237 g/mol. The number of nitrogens with one attached hydrogen (secondary N) is 1. The molecule has 4 N–H and O–H groups in total. The minimum atomic E-state index is -0.481. The van der Waals surface area contributed by atoms with Crippen LogP contribution in [-0.2, 0) is 0 Å². The number of non-ortho nitro benzene ring substituents is 1. The predicted molar refractivity (Wildman–Crippen MR) is 64.8 cm³/mol. The molecule has 1 aliphatic carbocycles. The number of hydrogen-bond acceptors (Lipinski definition) is 5. The van der Waals surface area contributed by atoms with Gasteiger partial charge in [-0.05, 0) is 25.3 Å². The van der Waals surface area contributed by atoms with Gasteiger partial charge in [0.2, 0.25) is 0 Å². The number of aliphatic hydroxyl groups is 1. The molecule has 0 aliphatic heterocycles. The number of rotatable bonds is 4. The molecule has 0 heterocycles. The van der Waals surface area contributed by atoms with E-state index in [1.165, 1.54) is 12.1 Å². The number of nitrogens with zero attached hydrogens (tertiary/aromatic N) is 1. The van der Waals surface area contributed by atoms with Gasteiger partial charge >= 0.3 is 0 Å². The molecular formula is C11H15N3O3. The summed E-state index contributed by atoms with van der Waals surface area (Å²) in [5.74, 6) is 0. The van der Waals surface area contributed by atoms with E-state index in [0.717, 1.165) is 19.3 Å². The Hall–Kier alpha value is -1.82. The van der Waals surface area contributed by atoms with Crippen LogP contribution < -0.4 is 11.1 Å². The number of nitrogen functional groups attached to an aromatic ring is 1. The molecule has 1 saturated carbocycles. The van der Waals surface area contributed by atoms with Crippen molar-refractivity contribution in [2.75, 3.05) is 17.7 Å². The van der Waals surface area contributed by atoms with Crippen molar-refractivity contribution in [2.24, 2.45) is 0 Å². The molecule has 0 spiro atoms. The maximum Gasteiger partial charge on any atom is 0.271 e. The third-order valence-corrected chi connectivity index (χ3v) is 3.26. The number of aliphatic hydroxyl groups excluding tert-OH is 1. The zero-order valence-electron chi connectivity index (χ0n) is 9.35. The Bertz CT molecular complexity index is 438. The standard InChI is InChI=1S/C11H15N3O3/c12-9-6-8(14(16)17)2-3-10(9)13-11(7-15)4-1-5-11/h2-3,6,13,15H,1,4-5,7,12H2. The maximum atomic E-state index is 10.6. The van der Waals surface area contributed by atoms with Gasteiger partial charge in [-0.15, -0.1) is 0 Å². The molecule has 0 aromatic heterocycles. The van der Waals surface area contributed by atoms with E-state index in [0.29, 0.717) is 11.4 Å². The molecule has 1 aromatic rings. The van der Waals surface area contributed by atoms with E-state index in [-0.39, 0.29) is 17.8 Å². The van der Waals surface area contributed by atoms with Gasteiger partial charge in [-0.25, -0.2) is 0 Å². The van der Waals surface area contributed by atoms with E-state index in [9.17, 15) is 15.2 Å². The van der Waals surface area contributed by atoms with Crippen LogP contribution in [0.15, 0.2) is 18.2 Å². The van der Waals surface area contributed by atoms with Crippen LogP contribution in [0.3, 0.4) is 0 Å². The quantitative estimate of drug-likeness (QED) is 0.418. The van der Waals surface area contributed by atoms with Gasteiger partial charge in [0.05, 0.1) is 28.4 Å². The molecule has 0 bridgehead atoms. The van der Waals surface area contributed by atoms with Gasteiger partial charge < -0.3 is 16.2 Å². The van der Waals surface area contributed by atoms with Crippen molar-refractivity contribution >= 4 is 17.1 Å². The van der Waals surface area contributed by atoms with Crippen LogP contribution in [0, 0.1) is 10.1 Å². The minimum Gasteiger partial charge on any atom is -0.397 e. The molecule has 6 nitrogen and oxygen atoms in total. The van der Waals surface area contributed by atoms with E-state index in [2.05, 4.69) is 5.32 Å². The molecule has 0 saturated heterocycles. The van der Waals surface area contributed by atoms with Crippen LogP contribution in [0.2, 0.25) is 0 Å². The summed E-state index contributed by atoms with van der Waals surface area (Å²) in [6, 6.07) is 4.32. The number of benzene rings is 1. The number of nitrogens with two attached hydrogens (primary N) is 1. The summed E-state index contributed by atoms with van der Waals surface area (Å²) >= 11 is 0. The summed E-state index contributed by atoms with van der Waals surface area (Å²) in [7, 11) is 0. The largest absolute Gasteiger partial charge is 0.397 e. The number of nitro groups is 1. The van der Waals surface area contributed by atoms with Gasteiger partial charge in [-0.3, -0.25) is 10.1 Å². The SMILES string of the molecule is Nc1cc([N+](=O)[O-])ccc1NC1(CO)CCC1. The molecule has 0 unspecified atom stereocenters. The Morgan fingerprint density at radius 1 is 1.53 bits per heavy atom. The van der Waals surface area contributed by atoms with Gasteiger partial charge in [0.15, 0.2) is 0 Å². The van der Waals surface area contributed by atoms with Crippen LogP contribution in [0.1, 0.15) is 19.3 Å². The van der Waals surface area contributed by atoms with Crippen molar-refractivity contribution < 1.29 is 10.0 Å². The summed E-state index contributed by atoms with van der Waals surface area (Å²) in [6.07, 6.45) is 2.85. The van der Waals surface area contributed by atoms with Crippen molar-refractivity contribution in [3.05, 3.63) is 28.3 Å². The second-order valence-corrected chi connectivity index (χ2v) is 4.45. The zero-order chi connectivity index (χ0) is 12.5. The Balaban J connectivity index is 2.19. The van der Waals surface area contributed by atoms with Gasteiger partial charge in [-0.1, -0.05) is 0 Å². The smallest absolute Gasteiger partial charge is 0.271 e. The topological polar surface area (TPSA) is 101 Å². The maximum absolute atomic E-state index is 10.6. The summed E-state index contributed by atoms with van der Waals surface area (Å²) < 4.78 is 0. The van der Waals surface area contributed by atoms with Gasteiger partial charge in [0.25, 0.3) is 5.69 Å². The van der Waals surface area contributed by atoms with Crippen molar-refractivity contribution in [1.29, 1.82) is 0 Å². The van der Waals surface area contributed by atoms with Gasteiger partial charge in [0.1, 0.15) is 0 Å². The highest BCUT2D eigenvalue weighted by atomic mass is 16.6. The lowest BCUT2D eigenvalue weighted by atomic mass is 9.77. The number of nitro benzene ring substituents is 1. The zero-order valence-corrected chi connectivity index (χ0v) is 9.35. The average Bonchev–Trinajstić information content (AvgIpc) is 2.25. The summed E-state index contributed by atoms with van der Waals surface area (Å²) in [5.41, 5.74) is 6.40. The molecular weight excluding hydrogens is 222 g/mol. The second kappa shape index (κ2) is 4.21. The minimum absolute atomic E-state index is 0.0280. The third-order valence-electron chi connectivity index (χ3n) is 3.26. The lowest BCUT2D eigenvalue weighted by Gasteiger charge is -2.42. The molecule has 1 aromatic carbocycles. The van der Waals surface area contributed by atoms with E-state index >= 15 is 0 Å². The fourth-order valence-electron chi connectivity index (χ4n) is 1.99. The Kier molecular flexibility index (Phi) is 2.89. The molecule has 2 rings (SSSR count). The second-order valence-electron chi connectivity index (χ2n) is 4.45. The normalized spacial score (nSPS) is 17.2. The molecule has 0 amide bonds. The molecule has 92 valence electrons. The highest BCUT2D eigenvalue weighted by Gasteiger charge is 2.36. The summed E-state index contributed by atoms with van der Waals surface area (Å²) in [6.45, 7) is 0.0451. The van der Waals surface area contributed by atoms with Crippen LogP contribution >= 0.6 is 0 Å². The van der Waals surface area contributed by atoms with E-state index < -0.39 is 4.92 Å². The lowest BCUT2D eigenvalue weighted by molar-refractivity contribution is -0.384. The Labute approximate surface area is 98.6 Å². The Morgan fingerprint density at radius 3 is 2.65 bits per heavy atom. The van der Waals surface area contributed by atoms with E-state index in [1.54, 1.807) is 6.07 Å². The van der Waals surface area contributed by atoms with Gasteiger partial charge in [0, 0.05) is 12.1 Å². The molecule has 1 fully saturated rings. The van der Waals surface area contributed by atoms with E-state index in [1.807, 2.05) is 0 Å². The molecule has 6 heteroatoms. The number of hydrogen-bond donors (Lipinski definition) is 3. The molecule has 0 radical (unpaired) electrons. The van der Waals surface area contributed by atoms with Gasteiger partial charge in [-0.2, -0.15) is 0 Å². The van der Waals surface area contributed by atoms with Crippen molar-refractivity contribution in [3.63, 3.8) is 0 Å². The number of anilines is 2. The van der Waals surface area contributed by atoms with Crippen molar-refractivity contribution in [2.45, 2.75) is 24.8 Å². The predicted octanol–water partition coefficient (Wildman–Crippen LogP) is 1.50. The molecule has 0 atom stereocenters. The fraction of sp³-hybridized carbons (Fsp3) is 0.455. The van der Waals surface area contributed by atoms with Crippen LogP contribution in [-0.4, -0.2) is 22.2 Å². The highest BCUT2D eigenvalue weighted by molar-refractivity contribution is 5.70. The highest BCUT2D eigenvalue weighted by Crippen LogP contribution is 2.37. The monoisotopic (exact) mass is 237 g/mol. The first-order valence-electron chi connectivity index (χ1n) is 5.49. The lowest BCUT2D eigenvalue weighted by Crippen LogP contribution is -2.48. The first-order valence-corrected chi connectivity index (χ1v) is 5.49. The van der Waals surface area contributed by atoms with Crippen LogP contribution in [0.4, 0.5) is 17.1 Å². The van der Waals surface area contributed by atoms with Crippen LogP contribution in [0.5, 0.6) is 0 Å². The van der Waals surface area contributed by atoms with Crippen molar-refractivity contribution in [1.82, 2.24) is 0 Å². The Morgan fingerprint density at radius 2 is 2.24 bits per heavy atom. The molecule has 1 aliphatic rings. The van der Waals surface area contributed by atoms with E-state index in [4.69, 9.17) is 5.73 Å². The molecule has 17 heavy (non-hydrogen) atoms. The third kappa shape index (κ3) is 2.16.